The summed E-state index contributed by atoms with van der Waals surface area (Å²) in [4.78, 5) is 15.3. The summed E-state index contributed by atoms with van der Waals surface area (Å²) >= 11 is 1.66. The topological polar surface area (TPSA) is 97.3 Å². The minimum atomic E-state index is -2.94. The molecule has 0 atom stereocenters. The molecule has 29 heavy (non-hydrogen) atoms. The molecule has 3 heterocycles. The van der Waals surface area contributed by atoms with Crippen molar-refractivity contribution in [2.45, 2.75) is 25.0 Å². The third-order valence-electron chi connectivity index (χ3n) is 5.29. The number of para-hydroxylation sites is 1. The molecule has 152 valence electrons. The van der Waals surface area contributed by atoms with Gasteiger partial charge in [0.05, 0.1) is 21.7 Å². The second-order valence-electron chi connectivity index (χ2n) is 7.36. The lowest BCUT2D eigenvalue weighted by atomic mass is 9.89. The highest BCUT2D eigenvalue weighted by Gasteiger charge is 2.33. The highest BCUT2D eigenvalue weighted by Crippen LogP contribution is 2.33. The fourth-order valence-electron chi connectivity index (χ4n) is 3.59. The van der Waals surface area contributed by atoms with Crippen molar-refractivity contribution >= 4 is 42.3 Å². The maximum absolute atomic E-state index is 11.7. The minimum Gasteiger partial charge on any atom is -0.472 e. The van der Waals surface area contributed by atoms with Gasteiger partial charge in [0.15, 0.2) is 20.8 Å². The Bertz CT molecular complexity index is 1080. The fourth-order valence-corrected chi connectivity index (χ4v) is 5.73. The number of rotatable bonds is 5. The predicted octanol–water partition coefficient (Wildman–Crippen LogP) is 2.34. The number of benzene rings is 1. The van der Waals surface area contributed by atoms with Gasteiger partial charge >= 0.3 is 0 Å². The molecule has 10 heteroatoms. The SMILES string of the molecule is O=S1(=O)CCN(c2nccnc2OC2CC(Nc3nc4ccccc4s3)C2)CC1. The lowest BCUT2D eigenvalue weighted by Gasteiger charge is -2.36. The molecular weight excluding hydrogens is 410 g/mol. The smallest absolute Gasteiger partial charge is 0.257 e. The van der Waals surface area contributed by atoms with Gasteiger partial charge < -0.3 is 15.0 Å². The lowest BCUT2D eigenvalue weighted by Crippen LogP contribution is -2.44. The first kappa shape index (κ1) is 18.6. The maximum Gasteiger partial charge on any atom is 0.257 e. The molecule has 1 saturated heterocycles. The van der Waals surface area contributed by atoms with Gasteiger partial charge in [-0.05, 0) is 12.1 Å². The van der Waals surface area contributed by atoms with E-state index in [-0.39, 0.29) is 17.6 Å². The number of nitrogens with zero attached hydrogens (tertiary/aromatic N) is 4. The first-order valence-corrected chi connectivity index (χ1v) is 12.2. The van der Waals surface area contributed by atoms with Crippen molar-refractivity contribution in [3.63, 3.8) is 0 Å². The van der Waals surface area contributed by atoms with Crippen molar-refractivity contribution in [1.82, 2.24) is 15.0 Å². The van der Waals surface area contributed by atoms with Gasteiger partial charge in [0.2, 0.25) is 0 Å². The van der Waals surface area contributed by atoms with E-state index in [2.05, 4.69) is 26.3 Å². The van der Waals surface area contributed by atoms with Gasteiger partial charge in [-0.1, -0.05) is 23.5 Å². The van der Waals surface area contributed by atoms with Gasteiger partial charge in [-0.25, -0.2) is 23.4 Å². The van der Waals surface area contributed by atoms with E-state index in [1.54, 1.807) is 23.7 Å². The third kappa shape index (κ3) is 3.99. The van der Waals surface area contributed by atoms with E-state index in [4.69, 9.17) is 4.74 Å². The van der Waals surface area contributed by atoms with Crippen molar-refractivity contribution in [1.29, 1.82) is 0 Å². The molecule has 2 fully saturated rings. The quantitative estimate of drug-likeness (QED) is 0.657. The molecule has 0 spiro atoms. The molecule has 2 aromatic heterocycles. The highest BCUT2D eigenvalue weighted by atomic mass is 32.2. The van der Waals surface area contributed by atoms with E-state index in [1.165, 1.54) is 4.70 Å². The van der Waals surface area contributed by atoms with Crippen LogP contribution in [-0.4, -0.2) is 60.1 Å². The zero-order valence-electron chi connectivity index (χ0n) is 15.7. The fraction of sp³-hybridized carbons (Fsp3) is 0.421. The van der Waals surface area contributed by atoms with Crippen LogP contribution in [0.2, 0.25) is 0 Å². The zero-order valence-corrected chi connectivity index (χ0v) is 17.3. The summed E-state index contributed by atoms with van der Waals surface area (Å²) in [7, 11) is -2.94. The minimum absolute atomic E-state index is 0.0610. The van der Waals surface area contributed by atoms with Crippen molar-refractivity contribution in [3.05, 3.63) is 36.7 Å². The molecule has 0 unspecified atom stereocenters. The first-order valence-electron chi connectivity index (χ1n) is 9.61. The predicted molar refractivity (Wildman–Crippen MR) is 114 cm³/mol. The summed E-state index contributed by atoms with van der Waals surface area (Å²) in [6, 6.07) is 8.43. The van der Waals surface area contributed by atoms with Gasteiger partial charge in [-0.3, -0.25) is 0 Å². The van der Waals surface area contributed by atoms with Crippen LogP contribution in [0.1, 0.15) is 12.8 Å². The molecule has 2 aliphatic rings. The molecule has 0 radical (unpaired) electrons. The van der Waals surface area contributed by atoms with E-state index < -0.39 is 9.84 Å². The zero-order chi connectivity index (χ0) is 19.8. The number of hydrogen-bond acceptors (Lipinski definition) is 9. The van der Waals surface area contributed by atoms with Crippen LogP contribution in [0, 0.1) is 0 Å². The van der Waals surface area contributed by atoms with Crippen molar-refractivity contribution in [3.8, 4) is 5.88 Å². The molecule has 1 aromatic carbocycles. The van der Waals surface area contributed by atoms with Crippen LogP contribution in [-0.2, 0) is 9.84 Å². The van der Waals surface area contributed by atoms with Crippen LogP contribution in [0.25, 0.3) is 10.2 Å². The molecular formula is C19H21N5O3S2. The summed E-state index contributed by atoms with van der Waals surface area (Å²) in [6.45, 7) is 0.841. The average molecular weight is 432 g/mol. The summed E-state index contributed by atoms with van der Waals surface area (Å²) in [5.74, 6) is 1.39. The van der Waals surface area contributed by atoms with Crippen LogP contribution in [0.15, 0.2) is 36.7 Å². The van der Waals surface area contributed by atoms with E-state index in [0.29, 0.717) is 30.8 Å². The molecule has 3 aromatic rings. The number of fused-ring (bicyclic) bond motifs is 1. The van der Waals surface area contributed by atoms with Crippen LogP contribution in [0.4, 0.5) is 10.9 Å². The highest BCUT2D eigenvalue weighted by molar-refractivity contribution is 7.91. The monoisotopic (exact) mass is 431 g/mol. The number of hydrogen-bond donors (Lipinski definition) is 1. The third-order valence-corrected chi connectivity index (χ3v) is 7.86. The summed E-state index contributed by atoms with van der Waals surface area (Å²) in [5.41, 5.74) is 1.01. The lowest BCUT2D eigenvalue weighted by molar-refractivity contribution is 0.103. The van der Waals surface area contributed by atoms with Crippen LogP contribution in [0.5, 0.6) is 5.88 Å². The van der Waals surface area contributed by atoms with Gasteiger partial charge in [0.25, 0.3) is 5.88 Å². The van der Waals surface area contributed by atoms with Crippen LogP contribution in [0.3, 0.4) is 0 Å². The van der Waals surface area contributed by atoms with E-state index in [1.807, 2.05) is 23.1 Å². The van der Waals surface area contributed by atoms with Gasteiger partial charge in [-0.15, -0.1) is 0 Å². The summed E-state index contributed by atoms with van der Waals surface area (Å²) < 4.78 is 30.6. The van der Waals surface area contributed by atoms with Crippen LogP contribution < -0.4 is 15.0 Å². The van der Waals surface area contributed by atoms with Crippen molar-refractivity contribution < 1.29 is 13.2 Å². The van der Waals surface area contributed by atoms with Crippen molar-refractivity contribution in [2.75, 3.05) is 34.8 Å². The Morgan fingerprint density at radius 1 is 1.10 bits per heavy atom. The number of ether oxygens (including phenoxy) is 1. The van der Waals surface area contributed by atoms with Gasteiger partial charge in [0, 0.05) is 44.4 Å². The largest absolute Gasteiger partial charge is 0.472 e. The van der Waals surface area contributed by atoms with Gasteiger partial charge in [-0.2, -0.15) is 0 Å². The Kier molecular flexibility index (Phi) is 4.75. The number of anilines is 2. The average Bonchev–Trinajstić information content (AvgIpc) is 3.09. The standard InChI is InChI=1S/C19H21N5O3S2/c25-29(26)9-7-24(8-10-29)17-18(21-6-5-20-17)27-14-11-13(12-14)22-19-23-15-3-1-2-4-16(15)28-19/h1-6,13-14H,7-12H2,(H,22,23). The molecule has 1 aliphatic heterocycles. The van der Waals surface area contributed by atoms with E-state index >= 15 is 0 Å². The second kappa shape index (κ2) is 7.42. The Labute approximate surface area is 172 Å². The molecule has 5 rings (SSSR count). The number of aromatic nitrogens is 3. The number of sulfone groups is 1. The first-order chi connectivity index (χ1) is 14.1. The molecule has 0 amide bonds. The molecule has 1 N–H and O–H groups in total. The summed E-state index contributed by atoms with van der Waals surface area (Å²) in [5, 5.41) is 4.42. The molecule has 1 aliphatic carbocycles. The van der Waals surface area contributed by atoms with Crippen LogP contribution >= 0.6 is 11.3 Å². The molecule has 8 nitrogen and oxygen atoms in total. The Morgan fingerprint density at radius 2 is 1.86 bits per heavy atom. The Balaban J connectivity index is 1.19. The van der Waals surface area contributed by atoms with Crippen molar-refractivity contribution in [2.24, 2.45) is 0 Å². The van der Waals surface area contributed by atoms with E-state index in [9.17, 15) is 8.42 Å². The summed E-state index contributed by atoms with van der Waals surface area (Å²) in [6.07, 6.45) is 5.00. The maximum atomic E-state index is 11.7. The number of nitrogens with one attached hydrogen (secondary N) is 1. The normalized spacial score (nSPS) is 23.5. The van der Waals surface area contributed by atoms with E-state index in [0.717, 1.165) is 23.5 Å². The Hall–Kier alpha value is -2.46. The number of thiazole rings is 1. The molecule has 1 saturated carbocycles. The van der Waals surface area contributed by atoms with Gasteiger partial charge in [0.1, 0.15) is 6.10 Å². The second-order valence-corrected chi connectivity index (χ2v) is 10.7. The molecule has 0 bridgehead atoms. The Morgan fingerprint density at radius 3 is 2.66 bits per heavy atom.